The van der Waals surface area contributed by atoms with Gasteiger partial charge in [-0.1, -0.05) is 60.2 Å². The summed E-state index contributed by atoms with van der Waals surface area (Å²) in [5.74, 6) is 0.855. The molecular formula is C15H21BrO. The first-order valence-corrected chi connectivity index (χ1v) is 7.48. The van der Waals surface area contributed by atoms with Crippen LogP contribution >= 0.6 is 15.9 Å². The maximum absolute atomic E-state index is 10.1. The Morgan fingerprint density at radius 3 is 2.41 bits per heavy atom. The molecule has 0 amide bonds. The van der Waals surface area contributed by atoms with E-state index >= 15 is 0 Å². The zero-order valence-electron chi connectivity index (χ0n) is 10.2. The number of rotatable bonds is 4. The summed E-state index contributed by atoms with van der Waals surface area (Å²) in [6, 6.07) is 8.02. The standard InChI is InChI=1S/C15H21BrO/c16-14-9-7-13(8-10-14)15(17)11-6-12-4-2-1-3-5-12/h7-10,12,15,17H,1-6,11H2. The van der Waals surface area contributed by atoms with E-state index in [9.17, 15) is 5.11 Å². The predicted octanol–water partition coefficient (Wildman–Crippen LogP) is 4.84. The van der Waals surface area contributed by atoms with Gasteiger partial charge < -0.3 is 5.11 Å². The van der Waals surface area contributed by atoms with Crippen LogP contribution in [0.1, 0.15) is 56.6 Å². The largest absolute Gasteiger partial charge is 0.388 e. The minimum atomic E-state index is -0.287. The molecule has 1 nitrogen and oxygen atoms in total. The van der Waals surface area contributed by atoms with Crippen LogP contribution in [0.15, 0.2) is 28.7 Å². The van der Waals surface area contributed by atoms with E-state index in [4.69, 9.17) is 0 Å². The number of benzene rings is 1. The zero-order chi connectivity index (χ0) is 12.1. The summed E-state index contributed by atoms with van der Waals surface area (Å²) in [5.41, 5.74) is 1.05. The Hall–Kier alpha value is -0.340. The van der Waals surface area contributed by atoms with Gasteiger partial charge in [-0.25, -0.2) is 0 Å². The SMILES string of the molecule is OC(CCC1CCCCC1)c1ccc(Br)cc1. The third-order valence-electron chi connectivity index (χ3n) is 3.83. The topological polar surface area (TPSA) is 20.2 Å². The molecular weight excluding hydrogens is 276 g/mol. The molecule has 0 heterocycles. The van der Waals surface area contributed by atoms with Gasteiger partial charge >= 0.3 is 0 Å². The van der Waals surface area contributed by atoms with Gasteiger partial charge in [0.15, 0.2) is 0 Å². The first kappa shape index (κ1) is 13.1. The van der Waals surface area contributed by atoms with Crippen molar-refractivity contribution in [2.45, 2.75) is 51.0 Å². The van der Waals surface area contributed by atoms with Crippen molar-refractivity contribution < 1.29 is 5.11 Å². The van der Waals surface area contributed by atoms with Crippen LogP contribution in [-0.4, -0.2) is 5.11 Å². The fourth-order valence-electron chi connectivity index (χ4n) is 2.72. The lowest BCUT2D eigenvalue weighted by atomic mass is 9.85. The third kappa shape index (κ3) is 4.11. The van der Waals surface area contributed by atoms with Crippen molar-refractivity contribution in [1.82, 2.24) is 0 Å². The lowest BCUT2D eigenvalue weighted by molar-refractivity contribution is 0.151. The van der Waals surface area contributed by atoms with Gasteiger partial charge in [0.1, 0.15) is 0 Å². The van der Waals surface area contributed by atoms with Gasteiger partial charge in [0.2, 0.25) is 0 Å². The lowest BCUT2D eigenvalue weighted by Crippen LogP contribution is -2.08. The molecule has 17 heavy (non-hydrogen) atoms. The second kappa shape index (κ2) is 6.55. The first-order valence-electron chi connectivity index (χ1n) is 6.69. The summed E-state index contributed by atoms with van der Waals surface area (Å²) in [4.78, 5) is 0. The van der Waals surface area contributed by atoms with Gasteiger partial charge in [-0.3, -0.25) is 0 Å². The number of halogens is 1. The molecule has 2 rings (SSSR count). The molecule has 0 saturated heterocycles. The van der Waals surface area contributed by atoms with Crippen molar-refractivity contribution in [2.24, 2.45) is 5.92 Å². The molecule has 1 N–H and O–H groups in total. The second-order valence-corrected chi connectivity index (χ2v) is 6.06. The molecule has 1 unspecified atom stereocenters. The van der Waals surface area contributed by atoms with E-state index in [0.29, 0.717) is 0 Å². The van der Waals surface area contributed by atoms with Gasteiger partial charge in [-0.05, 0) is 36.5 Å². The van der Waals surface area contributed by atoms with Crippen LogP contribution in [0.5, 0.6) is 0 Å². The normalized spacial score (nSPS) is 19.2. The Morgan fingerprint density at radius 1 is 1.12 bits per heavy atom. The fourth-order valence-corrected chi connectivity index (χ4v) is 2.99. The summed E-state index contributed by atoms with van der Waals surface area (Å²) in [6.07, 6.45) is 8.72. The smallest absolute Gasteiger partial charge is 0.0790 e. The summed E-state index contributed by atoms with van der Waals surface area (Å²) in [6.45, 7) is 0. The minimum Gasteiger partial charge on any atom is -0.388 e. The third-order valence-corrected chi connectivity index (χ3v) is 4.36. The van der Waals surface area contributed by atoms with Crippen molar-refractivity contribution in [3.05, 3.63) is 34.3 Å². The molecule has 1 aliphatic carbocycles. The van der Waals surface area contributed by atoms with E-state index in [1.165, 1.54) is 38.5 Å². The Labute approximate surface area is 112 Å². The molecule has 1 atom stereocenters. The van der Waals surface area contributed by atoms with Crippen molar-refractivity contribution in [3.8, 4) is 0 Å². The zero-order valence-corrected chi connectivity index (χ0v) is 11.8. The van der Waals surface area contributed by atoms with Crippen molar-refractivity contribution in [3.63, 3.8) is 0 Å². The second-order valence-electron chi connectivity index (χ2n) is 5.15. The van der Waals surface area contributed by atoms with Crippen LogP contribution in [-0.2, 0) is 0 Å². The van der Waals surface area contributed by atoms with Crippen molar-refractivity contribution in [1.29, 1.82) is 0 Å². The minimum absolute atomic E-state index is 0.287. The molecule has 1 fully saturated rings. The van der Waals surface area contributed by atoms with Gasteiger partial charge in [-0.2, -0.15) is 0 Å². The Bertz CT molecular complexity index is 327. The highest BCUT2D eigenvalue weighted by atomic mass is 79.9. The Balaban J connectivity index is 1.80. The fraction of sp³-hybridized carbons (Fsp3) is 0.600. The van der Waals surface area contributed by atoms with Crippen molar-refractivity contribution >= 4 is 15.9 Å². The average molecular weight is 297 g/mol. The summed E-state index contributed by atoms with van der Waals surface area (Å²) >= 11 is 3.41. The molecule has 1 aliphatic rings. The van der Waals surface area contributed by atoms with E-state index in [1.54, 1.807) is 0 Å². The van der Waals surface area contributed by atoms with Gasteiger partial charge in [0.25, 0.3) is 0 Å². The monoisotopic (exact) mass is 296 g/mol. The van der Waals surface area contributed by atoms with Crippen LogP contribution in [0.4, 0.5) is 0 Å². The van der Waals surface area contributed by atoms with E-state index < -0.39 is 0 Å². The highest BCUT2D eigenvalue weighted by molar-refractivity contribution is 9.10. The van der Waals surface area contributed by atoms with Crippen LogP contribution in [0, 0.1) is 5.92 Å². The molecule has 94 valence electrons. The quantitative estimate of drug-likeness (QED) is 0.843. The van der Waals surface area contributed by atoms with Crippen LogP contribution in [0.2, 0.25) is 0 Å². The van der Waals surface area contributed by atoms with Crippen LogP contribution in [0.25, 0.3) is 0 Å². The van der Waals surface area contributed by atoms with E-state index in [0.717, 1.165) is 22.4 Å². The van der Waals surface area contributed by atoms with Crippen LogP contribution in [0.3, 0.4) is 0 Å². The predicted molar refractivity (Wildman–Crippen MR) is 74.9 cm³/mol. The number of aliphatic hydroxyl groups is 1. The number of hydrogen-bond acceptors (Lipinski definition) is 1. The van der Waals surface area contributed by atoms with Gasteiger partial charge in [-0.15, -0.1) is 0 Å². The van der Waals surface area contributed by atoms with E-state index in [-0.39, 0.29) is 6.10 Å². The van der Waals surface area contributed by atoms with Gasteiger partial charge in [0.05, 0.1) is 6.10 Å². The summed E-state index contributed by atoms with van der Waals surface area (Å²) in [7, 11) is 0. The summed E-state index contributed by atoms with van der Waals surface area (Å²) < 4.78 is 1.07. The highest BCUT2D eigenvalue weighted by Crippen LogP contribution is 2.30. The average Bonchev–Trinajstić information content (AvgIpc) is 2.38. The maximum Gasteiger partial charge on any atom is 0.0790 e. The number of aliphatic hydroxyl groups excluding tert-OH is 1. The molecule has 0 spiro atoms. The maximum atomic E-state index is 10.1. The van der Waals surface area contributed by atoms with Gasteiger partial charge in [0, 0.05) is 4.47 Å². The molecule has 1 saturated carbocycles. The van der Waals surface area contributed by atoms with E-state index in [1.807, 2.05) is 24.3 Å². The van der Waals surface area contributed by atoms with E-state index in [2.05, 4.69) is 15.9 Å². The Kier molecular flexibility index (Phi) is 5.05. The number of hydrogen-bond donors (Lipinski definition) is 1. The Morgan fingerprint density at radius 2 is 1.76 bits per heavy atom. The highest BCUT2D eigenvalue weighted by Gasteiger charge is 2.15. The molecule has 1 aromatic rings. The molecule has 2 heteroatoms. The molecule has 1 aromatic carbocycles. The summed E-state index contributed by atoms with van der Waals surface area (Å²) in [5, 5.41) is 10.1. The van der Waals surface area contributed by atoms with Crippen molar-refractivity contribution in [2.75, 3.05) is 0 Å². The van der Waals surface area contributed by atoms with Crippen LogP contribution < -0.4 is 0 Å². The lowest BCUT2D eigenvalue weighted by Gasteiger charge is -2.22. The molecule has 0 radical (unpaired) electrons. The first-order chi connectivity index (χ1) is 8.25. The molecule has 0 aliphatic heterocycles. The molecule has 0 bridgehead atoms. The molecule has 0 aromatic heterocycles.